The summed E-state index contributed by atoms with van der Waals surface area (Å²) in [7, 11) is 1.10. The monoisotopic (exact) mass is 330 g/mol. The van der Waals surface area contributed by atoms with Crippen LogP contribution in [0.15, 0.2) is 12.3 Å². The van der Waals surface area contributed by atoms with Gasteiger partial charge in [0, 0.05) is 6.07 Å². The van der Waals surface area contributed by atoms with Crippen molar-refractivity contribution < 1.29 is 24.0 Å². The number of pyridine rings is 1. The summed E-state index contributed by atoms with van der Waals surface area (Å²) >= 11 is 5.90. The minimum absolute atomic E-state index is 0.159. The maximum atomic E-state index is 12.2. The van der Waals surface area contributed by atoms with Crippen LogP contribution in [0.5, 0.6) is 0 Å². The molecular weight excluding hydrogens is 316 g/mol. The van der Waals surface area contributed by atoms with Crippen LogP contribution in [0.1, 0.15) is 32.4 Å². The first-order chi connectivity index (χ1) is 10.1. The molecule has 1 heterocycles. The SMILES string of the molecule is COC(=O)C(C(=O)OC(C)(C)C)c1ncc([N+](=O)[O-])cc1Cl. The van der Waals surface area contributed by atoms with Crippen LogP contribution >= 0.6 is 11.6 Å². The van der Waals surface area contributed by atoms with Gasteiger partial charge in [0.2, 0.25) is 0 Å². The Hall–Kier alpha value is -2.22. The number of esters is 2. The lowest BCUT2D eigenvalue weighted by Gasteiger charge is -2.22. The average molecular weight is 331 g/mol. The number of methoxy groups -OCH3 is 1. The van der Waals surface area contributed by atoms with E-state index in [0.717, 1.165) is 19.4 Å². The highest BCUT2D eigenvalue weighted by Crippen LogP contribution is 2.29. The molecule has 0 saturated carbocycles. The van der Waals surface area contributed by atoms with Crippen molar-refractivity contribution in [3.05, 3.63) is 33.1 Å². The van der Waals surface area contributed by atoms with Gasteiger partial charge >= 0.3 is 11.9 Å². The molecule has 0 saturated heterocycles. The first kappa shape index (κ1) is 17.8. The van der Waals surface area contributed by atoms with Crippen LogP contribution in [0, 0.1) is 10.1 Å². The van der Waals surface area contributed by atoms with E-state index in [-0.39, 0.29) is 16.4 Å². The van der Waals surface area contributed by atoms with E-state index in [4.69, 9.17) is 16.3 Å². The Morgan fingerprint density at radius 2 is 1.95 bits per heavy atom. The lowest BCUT2D eigenvalue weighted by atomic mass is 10.0. The van der Waals surface area contributed by atoms with Gasteiger partial charge in [-0.1, -0.05) is 11.6 Å². The number of carbonyl (C=O) groups excluding carboxylic acids is 2. The molecule has 0 aliphatic rings. The van der Waals surface area contributed by atoms with Gasteiger partial charge in [-0.15, -0.1) is 0 Å². The smallest absolute Gasteiger partial charge is 0.327 e. The average Bonchev–Trinajstić information content (AvgIpc) is 2.38. The van der Waals surface area contributed by atoms with E-state index in [1.54, 1.807) is 20.8 Å². The Balaban J connectivity index is 3.26. The lowest BCUT2D eigenvalue weighted by molar-refractivity contribution is -0.385. The molecule has 0 bridgehead atoms. The summed E-state index contributed by atoms with van der Waals surface area (Å²) in [6.07, 6.45) is 0.904. The summed E-state index contributed by atoms with van der Waals surface area (Å²) in [6, 6.07) is 1.00. The minimum atomic E-state index is -1.52. The van der Waals surface area contributed by atoms with Crippen molar-refractivity contribution in [1.82, 2.24) is 4.98 Å². The third kappa shape index (κ3) is 4.39. The van der Waals surface area contributed by atoms with Gasteiger partial charge in [0.25, 0.3) is 5.69 Å². The highest BCUT2D eigenvalue weighted by molar-refractivity contribution is 6.32. The van der Waals surface area contributed by atoms with Crippen LogP contribution in [0.3, 0.4) is 0 Å². The topological polar surface area (TPSA) is 109 Å². The highest BCUT2D eigenvalue weighted by atomic mass is 35.5. The molecule has 8 nitrogen and oxygen atoms in total. The number of nitrogens with zero attached hydrogens (tertiary/aromatic N) is 2. The zero-order valence-corrected chi connectivity index (χ0v) is 13.2. The second-order valence-corrected chi connectivity index (χ2v) is 5.71. The molecule has 22 heavy (non-hydrogen) atoms. The van der Waals surface area contributed by atoms with Gasteiger partial charge in [0.1, 0.15) is 11.8 Å². The van der Waals surface area contributed by atoms with Gasteiger partial charge in [-0.3, -0.25) is 24.7 Å². The molecule has 1 aromatic rings. The summed E-state index contributed by atoms with van der Waals surface area (Å²) in [5.41, 5.74) is -1.36. The molecule has 0 aliphatic carbocycles. The second-order valence-electron chi connectivity index (χ2n) is 5.31. The molecule has 1 rings (SSSR count). The summed E-state index contributed by atoms with van der Waals surface area (Å²) in [5, 5.41) is 10.5. The van der Waals surface area contributed by atoms with Crippen molar-refractivity contribution in [2.24, 2.45) is 0 Å². The number of carbonyl (C=O) groups is 2. The maximum absolute atomic E-state index is 12.2. The third-order valence-electron chi connectivity index (χ3n) is 2.42. The molecule has 0 radical (unpaired) electrons. The number of rotatable bonds is 4. The lowest BCUT2D eigenvalue weighted by Crippen LogP contribution is -2.32. The van der Waals surface area contributed by atoms with E-state index < -0.39 is 28.4 Å². The summed E-state index contributed by atoms with van der Waals surface area (Å²) in [4.78, 5) is 37.8. The van der Waals surface area contributed by atoms with Crippen molar-refractivity contribution in [2.45, 2.75) is 32.3 Å². The van der Waals surface area contributed by atoms with Crippen LogP contribution in [0.4, 0.5) is 5.69 Å². The first-order valence-electron chi connectivity index (χ1n) is 6.17. The highest BCUT2D eigenvalue weighted by Gasteiger charge is 2.37. The quantitative estimate of drug-likeness (QED) is 0.360. The van der Waals surface area contributed by atoms with Gasteiger partial charge in [-0.2, -0.15) is 0 Å². The van der Waals surface area contributed by atoms with Gasteiger partial charge in [0.05, 0.1) is 22.7 Å². The maximum Gasteiger partial charge on any atom is 0.327 e. The molecular formula is C13H15ClN2O6. The molecule has 1 atom stereocenters. The van der Waals surface area contributed by atoms with Gasteiger partial charge < -0.3 is 9.47 Å². The number of nitro groups is 1. The normalized spacial score (nSPS) is 12.4. The Morgan fingerprint density at radius 3 is 2.36 bits per heavy atom. The zero-order valence-electron chi connectivity index (χ0n) is 12.5. The van der Waals surface area contributed by atoms with Crippen molar-refractivity contribution in [1.29, 1.82) is 0 Å². The Morgan fingerprint density at radius 1 is 1.36 bits per heavy atom. The summed E-state index contributed by atoms with van der Waals surface area (Å²) < 4.78 is 9.70. The molecule has 120 valence electrons. The van der Waals surface area contributed by atoms with E-state index in [9.17, 15) is 19.7 Å². The van der Waals surface area contributed by atoms with Crippen LogP contribution < -0.4 is 0 Å². The van der Waals surface area contributed by atoms with Crippen LogP contribution in [0.25, 0.3) is 0 Å². The molecule has 1 unspecified atom stereocenters. The van der Waals surface area contributed by atoms with E-state index in [1.165, 1.54) is 0 Å². The zero-order chi connectivity index (χ0) is 17.1. The molecule has 0 aromatic carbocycles. The summed E-state index contributed by atoms with van der Waals surface area (Å²) in [6.45, 7) is 4.89. The second kappa shape index (κ2) is 6.69. The van der Waals surface area contributed by atoms with E-state index in [2.05, 4.69) is 9.72 Å². The standard InChI is InChI=1S/C13H15ClN2O6/c1-13(2,3)22-12(18)9(11(17)21-4)10-8(14)5-7(6-15-10)16(19)20/h5-6,9H,1-4H3. The van der Waals surface area contributed by atoms with Crippen molar-refractivity contribution in [3.63, 3.8) is 0 Å². The van der Waals surface area contributed by atoms with Crippen molar-refractivity contribution in [2.75, 3.05) is 7.11 Å². The van der Waals surface area contributed by atoms with Crippen LogP contribution in [0.2, 0.25) is 5.02 Å². The molecule has 1 aromatic heterocycles. The Labute approximate surface area is 131 Å². The fourth-order valence-electron chi connectivity index (χ4n) is 1.55. The Bertz CT molecular complexity index is 611. The molecule has 9 heteroatoms. The van der Waals surface area contributed by atoms with Gasteiger partial charge in [-0.05, 0) is 20.8 Å². The van der Waals surface area contributed by atoms with E-state index >= 15 is 0 Å². The van der Waals surface area contributed by atoms with Gasteiger partial charge in [0.15, 0.2) is 5.92 Å². The summed E-state index contributed by atoms with van der Waals surface area (Å²) in [5.74, 6) is -3.34. The number of aromatic nitrogens is 1. The molecule has 0 amide bonds. The number of hydrogen-bond acceptors (Lipinski definition) is 7. The largest absolute Gasteiger partial charge is 0.468 e. The predicted molar refractivity (Wildman–Crippen MR) is 76.5 cm³/mol. The first-order valence-corrected chi connectivity index (χ1v) is 6.55. The molecule has 0 N–H and O–H groups in total. The minimum Gasteiger partial charge on any atom is -0.468 e. The molecule has 0 spiro atoms. The van der Waals surface area contributed by atoms with E-state index in [1.807, 2.05) is 0 Å². The number of halogens is 1. The predicted octanol–water partition coefficient (Wildman–Crippen LogP) is 2.24. The van der Waals surface area contributed by atoms with Crippen molar-refractivity contribution >= 4 is 29.2 Å². The number of hydrogen-bond donors (Lipinski definition) is 0. The fraction of sp³-hybridized carbons (Fsp3) is 0.462. The fourth-order valence-corrected chi connectivity index (χ4v) is 1.82. The number of ether oxygens (including phenoxy) is 2. The van der Waals surface area contributed by atoms with Crippen LogP contribution in [-0.2, 0) is 19.1 Å². The molecule has 0 fully saturated rings. The van der Waals surface area contributed by atoms with E-state index in [0.29, 0.717) is 0 Å². The van der Waals surface area contributed by atoms with Crippen molar-refractivity contribution in [3.8, 4) is 0 Å². The third-order valence-corrected chi connectivity index (χ3v) is 2.72. The van der Waals surface area contributed by atoms with Gasteiger partial charge in [-0.25, -0.2) is 0 Å². The molecule has 0 aliphatic heterocycles. The van der Waals surface area contributed by atoms with Crippen LogP contribution in [-0.4, -0.2) is 34.6 Å². The Kier molecular flexibility index (Phi) is 5.43.